The van der Waals surface area contributed by atoms with Crippen LogP contribution in [0.5, 0.6) is 0 Å². The highest BCUT2D eigenvalue weighted by atomic mass is 19.1. The fourth-order valence-corrected chi connectivity index (χ4v) is 2.04. The normalized spacial score (nSPS) is 12.5. The number of carbonyl (C=O) groups is 1. The summed E-state index contributed by atoms with van der Waals surface area (Å²) in [6.07, 6.45) is 2.73. The number of hydrogen-bond donors (Lipinski definition) is 0. The molecular weight excluding hydrogens is 215 g/mol. The van der Waals surface area contributed by atoms with Gasteiger partial charge in [-0.3, -0.25) is 4.79 Å². The number of carbonyl (C=O) groups excluding carboxylic acids is 1. The van der Waals surface area contributed by atoms with Crippen LogP contribution in [0, 0.1) is 18.7 Å². The molecular formula is C15H21FO. The summed E-state index contributed by atoms with van der Waals surface area (Å²) in [7, 11) is 0. The van der Waals surface area contributed by atoms with Gasteiger partial charge in [0.15, 0.2) is 0 Å². The van der Waals surface area contributed by atoms with Crippen molar-refractivity contribution in [2.75, 3.05) is 0 Å². The lowest BCUT2D eigenvalue weighted by Gasteiger charge is -2.11. The van der Waals surface area contributed by atoms with E-state index in [2.05, 4.69) is 0 Å². The molecule has 1 unspecified atom stereocenters. The minimum absolute atomic E-state index is 0.153. The Hall–Kier alpha value is -1.18. The van der Waals surface area contributed by atoms with Crippen LogP contribution in [0.1, 0.15) is 44.2 Å². The van der Waals surface area contributed by atoms with Crippen molar-refractivity contribution in [3.8, 4) is 0 Å². The Labute approximate surface area is 103 Å². The molecule has 1 nitrogen and oxygen atoms in total. The Kier molecular flexibility index (Phi) is 5.33. The molecule has 1 aromatic rings. The van der Waals surface area contributed by atoms with Crippen LogP contribution in [-0.2, 0) is 11.2 Å². The third-order valence-electron chi connectivity index (χ3n) is 2.88. The van der Waals surface area contributed by atoms with Crippen molar-refractivity contribution in [1.82, 2.24) is 0 Å². The van der Waals surface area contributed by atoms with Gasteiger partial charge in [-0.2, -0.15) is 0 Å². The second kappa shape index (κ2) is 6.53. The lowest BCUT2D eigenvalue weighted by Crippen LogP contribution is -2.08. The second-order valence-corrected chi connectivity index (χ2v) is 4.90. The van der Waals surface area contributed by atoms with Crippen molar-refractivity contribution in [2.24, 2.45) is 5.92 Å². The lowest BCUT2D eigenvalue weighted by molar-refractivity contribution is -0.119. The van der Waals surface area contributed by atoms with E-state index in [-0.39, 0.29) is 17.5 Å². The van der Waals surface area contributed by atoms with Crippen molar-refractivity contribution in [3.63, 3.8) is 0 Å². The molecule has 0 spiro atoms. The molecule has 1 atom stereocenters. The van der Waals surface area contributed by atoms with Gasteiger partial charge < -0.3 is 0 Å². The molecule has 0 aromatic heterocycles. The summed E-state index contributed by atoms with van der Waals surface area (Å²) in [5.74, 6) is 0.346. The fourth-order valence-electron chi connectivity index (χ4n) is 2.04. The largest absolute Gasteiger partial charge is 0.300 e. The first-order valence-corrected chi connectivity index (χ1v) is 6.29. The van der Waals surface area contributed by atoms with Crippen LogP contribution in [0.4, 0.5) is 4.39 Å². The summed E-state index contributed by atoms with van der Waals surface area (Å²) in [4.78, 5) is 11.5. The van der Waals surface area contributed by atoms with E-state index < -0.39 is 0 Å². The first kappa shape index (κ1) is 13.9. The van der Waals surface area contributed by atoms with Crippen molar-refractivity contribution in [3.05, 3.63) is 35.1 Å². The molecule has 0 fully saturated rings. The van der Waals surface area contributed by atoms with E-state index in [9.17, 15) is 9.18 Å². The van der Waals surface area contributed by atoms with Gasteiger partial charge in [0.1, 0.15) is 11.6 Å². The second-order valence-electron chi connectivity index (χ2n) is 4.90. The van der Waals surface area contributed by atoms with E-state index in [0.29, 0.717) is 24.8 Å². The van der Waals surface area contributed by atoms with Crippen LogP contribution < -0.4 is 0 Å². The number of ketones is 1. The smallest absolute Gasteiger partial charge is 0.133 e. The van der Waals surface area contributed by atoms with Crippen LogP contribution in [0.15, 0.2) is 18.2 Å². The van der Waals surface area contributed by atoms with Gasteiger partial charge in [-0.25, -0.2) is 4.39 Å². The maximum Gasteiger partial charge on any atom is 0.133 e. The number of aryl methyl sites for hydroxylation is 1. The van der Waals surface area contributed by atoms with Crippen LogP contribution in [0.2, 0.25) is 0 Å². The van der Waals surface area contributed by atoms with Crippen LogP contribution in [-0.4, -0.2) is 5.78 Å². The minimum atomic E-state index is -0.153. The molecule has 0 heterocycles. The highest BCUT2D eigenvalue weighted by Crippen LogP contribution is 2.17. The zero-order chi connectivity index (χ0) is 12.8. The van der Waals surface area contributed by atoms with E-state index in [4.69, 9.17) is 0 Å². The Morgan fingerprint density at radius 3 is 2.71 bits per heavy atom. The summed E-state index contributed by atoms with van der Waals surface area (Å²) in [6, 6.07) is 5.29. The zero-order valence-electron chi connectivity index (χ0n) is 10.9. The summed E-state index contributed by atoms with van der Waals surface area (Å²) in [6.45, 7) is 5.89. The van der Waals surface area contributed by atoms with E-state index in [1.807, 2.05) is 32.9 Å². The topological polar surface area (TPSA) is 17.1 Å². The van der Waals surface area contributed by atoms with Gasteiger partial charge in [0.2, 0.25) is 0 Å². The Morgan fingerprint density at radius 1 is 1.41 bits per heavy atom. The predicted octanol–water partition coefficient (Wildman–Crippen LogP) is 4.07. The Balaban J connectivity index is 2.55. The van der Waals surface area contributed by atoms with Crippen molar-refractivity contribution in [2.45, 2.75) is 46.5 Å². The number of hydrogen-bond acceptors (Lipinski definition) is 1. The molecule has 0 aliphatic heterocycles. The average molecular weight is 236 g/mol. The highest BCUT2D eigenvalue weighted by Gasteiger charge is 2.11. The third kappa shape index (κ3) is 4.68. The van der Waals surface area contributed by atoms with E-state index in [1.165, 1.54) is 0 Å². The molecule has 1 aromatic carbocycles. The minimum Gasteiger partial charge on any atom is -0.300 e. The SMILES string of the molecule is CCCC(=O)CC(C)Cc1ccc(C)cc1F. The van der Waals surface area contributed by atoms with Gasteiger partial charge in [-0.15, -0.1) is 0 Å². The standard InChI is InChI=1S/C15H21FO/c1-4-5-14(17)9-12(3)8-13-7-6-11(2)10-15(13)16/h6-7,10,12H,4-5,8-9H2,1-3H3. The molecule has 0 N–H and O–H groups in total. The first-order valence-electron chi connectivity index (χ1n) is 6.29. The van der Waals surface area contributed by atoms with E-state index in [1.54, 1.807) is 6.07 Å². The van der Waals surface area contributed by atoms with E-state index >= 15 is 0 Å². The van der Waals surface area contributed by atoms with Gasteiger partial charge >= 0.3 is 0 Å². The summed E-state index contributed by atoms with van der Waals surface area (Å²) in [5.41, 5.74) is 1.65. The van der Waals surface area contributed by atoms with E-state index in [0.717, 1.165) is 12.0 Å². The molecule has 2 heteroatoms. The predicted molar refractivity (Wildman–Crippen MR) is 68.5 cm³/mol. The van der Waals surface area contributed by atoms with Crippen molar-refractivity contribution in [1.29, 1.82) is 0 Å². The highest BCUT2D eigenvalue weighted by molar-refractivity contribution is 5.78. The average Bonchev–Trinajstić information content (AvgIpc) is 2.22. The molecule has 0 aliphatic carbocycles. The summed E-state index contributed by atoms with van der Waals surface area (Å²) >= 11 is 0. The van der Waals surface area contributed by atoms with Gasteiger partial charge in [0.05, 0.1) is 0 Å². The molecule has 0 aliphatic rings. The monoisotopic (exact) mass is 236 g/mol. The van der Waals surface area contributed by atoms with Gasteiger partial charge in [0, 0.05) is 12.8 Å². The van der Waals surface area contributed by atoms with Gasteiger partial charge in [-0.1, -0.05) is 26.0 Å². The van der Waals surface area contributed by atoms with Crippen molar-refractivity contribution >= 4 is 5.78 Å². The molecule has 0 radical (unpaired) electrons. The number of rotatable bonds is 6. The first-order chi connectivity index (χ1) is 8.02. The van der Waals surface area contributed by atoms with Crippen LogP contribution >= 0.6 is 0 Å². The molecule has 0 bridgehead atoms. The molecule has 1 rings (SSSR count). The fraction of sp³-hybridized carbons (Fsp3) is 0.533. The van der Waals surface area contributed by atoms with Gasteiger partial charge in [-0.05, 0) is 42.9 Å². The molecule has 0 saturated heterocycles. The van der Waals surface area contributed by atoms with Crippen LogP contribution in [0.3, 0.4) is 0 Å². The van der Waals surface area contributed by atoms with Gasteiger partial charge in [0.25, 0.3) is 0 Å². The molecule has 17 heavy (non-hydrogen) atoms. The quantitative estimate of drug-likeness (QED) is 0.727. The Morgan fingerprint density at radius 2 is 2.12 bits per heavy atom. The molecule has 94 valence electrons. The number of benzene rings is 1. The molecule has 0 amide bonds. The number of halogens is 1. The molecule has 0 saturated carbocycles. The third-order valence-corrected chi connectivity index (χ3v) is 2.88. The maximum absolute atomic E-state index is 13.6. The summed E-state index contributed by atoms with van der Waals surface area (Å²) < 4.78 is 13.6. The lowest BCUT2D eigenvalue weighted by atomic mass is 9.94. The zero-order valence-corrected chi connectivity index (χ0v) is 10.9. The van der Waals surface area contributed by atoms with Crippen molar-refractivity contribution < 1.29 is 9.18 Å². The summed E-state index contributed by atoms with van der Waals surface area (Å²) in [5, 5.41) is 0. The number of Topliss-reactive ketones (excluding diaryl/α,β-unsaturated/α-hetero) is 1. The maximum atomic E-state index is 13.6. The Bertz CT molecular complexity index is 385. The van der Waals surface area contributed by atoms with Crippen LogP contribution in [0.25, 0.3) is 0 Å².